The zero-order valence-corrected chi connectivity index (χ0v) is 21.5. The second kappa shape index (κ2) is 9.59. The van der Waals surface area contributed by atoms with Crippen LogP contribution in [0, 0.1) is 20.8 Å². The smallest absolute Gasteiger partial charge is 0.337 e. The first kappa shape index (κ1) is 23.8. The molecule has 0 aliphatic carbocycles. The predicted molar refractivity (Wildman–Crippen MR) is 146 cm³/mol. The highest BCUT2D eigenvalue weighted by Gasteiger charge is 2.42. The zero-order chi connectivity index (χ0) is 25.4. The number of aromatic nitrogens is 2. The standard InChI is InChI=1S/C29H28N4O2S/c1-18-9-7-11-22(15-18)33-27(26(31-29(33)36)25-13-5-6-14-30-25)24-16-19(2)32(20(24)3)23-12-8-10-21(17-23)28(34)35-4/h5-17,26-27H,1-4H3,(H,31,36)/t26-,27+/m1/s1. The molecular weight excluding hydrogens is 468 g/mol. The normalized spacial score (nSPS) is 17.2. The van der Waals surface area contributed by atoms with E-state index in [1.807, 2.05) is 42.6 Å². The summed E-state index contributed by atoms with van der Waals surface area (Å²) in [6.07, 6.45) is 1.81. The van der Waals surface area contributed by atoms with E-state index in [2.05, 4.69) is 70.9 Å². The van der Waals surface area contributed by atoms with Crippen LogP contribution in [-0.2, 0) is 4.74 Å². The summed E-state index contributed by atoms with van der Waals surface area (Å²) in [5.74, 6) is -0.356. The summed E-state index contributed by atoms with van der Waals surface area (Å²) in [6, 6.07) is 23.8. The Bertz CT molecular complexity index is 1450. The van der Waals surface area contributed by atoms with E-state index in [1.165, 1.54) is 12.7 Å². The number of carbonyl (C=O) groups excluding carboxylic acids is 1. The molecule has 7 heteroatoms. The molecule has 182 valence electrons. The van der Waals surface area contributed by atoms with Gasteiger partial charge in [0, 0.05) is 29.0 Å². The summed E-state index contributed by atoms with van der Waals surface area (Å²) in [4.78, 5) is 19.0. The van der Waals surface area contributed by atoms with Crippen molar-refractivity contribution in [3.8, 4) is 5.69 Å². The number of aryl methyl sites for hydroxylation is 2. The van der Waals surface area contributed by atoms with Gasteiger partial charge < -0.3 is 19.5 Å². The molecule has 0 bridgehead atoms. The Labute approximate surface area is 216 Å². The van der Waals surface area contributed by atoms with Gasteiger partial charge in [-0.25, -0.2) is 4.79 Å². The maximum absolute atomic E-state index is 12.2. The molecule has 36 heavy (non-hydrogen) atoms. The average molecular weight is 497 g/mol. The molecule has 0 saturated carbocycles. The molecule has 5 rings (SSSR count). The molecule has 1 aliphatic heterocycles. The van der Waals surface area contributed by atoms with Crippen LogP contribution in [-0.4, -0.2) is 27.7 Å². The predicted octanol–water partition coefficient (Wildman–Crippen LogP) is 5.76. The molecule has 2 aromatic heterocycles. The summed E-state index contributed by atoms with van der Waals surface area (Å²) in [5.41, 5.74) is 7.83. The van der Waals surface area contributed by atoms with Gasteiger partial charge in [-0.15, -0.1) is 0 Å². The molecule has 0 amide bonds. The summed E-state index contributed by atoms with van der Waals surface area (Å²) in [6.45, 7) is 6.27. The van der Waals surface area contributed by atoms with Crippen LogP contribution in [0.5, 0.6) is 0 Å². The van der Waals surface area contributed by atoms with Gasteiger partial charge in [-0.05, 0) is 92.6 Å². The highest BCUT2D eigenvalue weighted by atomic mass is 32.1. The molecule has 2 atom stereocenters. The summed E-state index contributed by atoms with van der Waals surface area (Å²) in [7, 11) is 1.40. The van der Waals surface area contributed by atoms with Crippen LogP contribution in [0.15, 0.2) is 79.0 Å². The van der Waals surface area contributed by atoms with Gasteiger partial charge >= 0.3 is 5.97 Å². The van der Waals surface area contributed by atoms with Crippen LogP contribution in [0.3, 0.4) is 0 Å². The van der Waals surface area contributed by atoms with Crippen molar-refractivity contribution < 1.29 is 9.53 Å². The van der Waals surface area contributed by atoms with Crippen molar-refractivity contribution in [2.75, 3.05) is 12.0 Å². The number of nitrogens with zero attached hydrogens (tertiary/aromatic N) is 3. The van der Waals surface area contributed by atoms with Gasteiger partial charge in [-0.1, -0.05) is 24.3 Å². The molecule has 4 aromatic rings. The minimum Gasteiger partial charge on any atom is -0.465 e. The van der Waals surface area contributed by atoms with E-state index >= 15 is 0 Å². The first-order chi connectivity index (χ1) is 17.4. The number of hydrogen-bond donors (Lipinski definition) is 1. The second-order valence-corrected chi connectivity index (χ2v) is 9.43. The van der Waals surface area contributed by atoms with Gasteiger partial charge in [0.15, 0.2) is 5.11 Å². The third-order valence-electron chi connectivity index (χ3n) is 6.69. The van der Waals surface area contributed by atoms with Crippen molar-refractivity contribution >= 4 is 29.0 Å². The van der Waals surface area contributed by atoms with Gasteiger partial charge in [-0.3, -0.25) is 4.98 Å². The lowest BCUT2D eigenvalue weighted by molar-refractivity contribution is 0.0600. The van der Waals surface area contributed by atoms with Crippen molar-refractivity contribution in [1.82, 2.24) is 14.9 Å². The first-order valence-electron chi connectivity index (χ1n) is 11.8. The van der Waals surface area contributed by atoms with E-state index in [-0.39, 0.29) is 18.1 Å². The van der Waals surface area contributed by atoms with E-state index in [9.17, 15) is 4.79 Å². The quantitative estimate of drug-likeness (QED) is 0.280. The molecular formula is C29H28N4O2S. The maximum atomic E-state index is 12.2. The Balaban J connectivity index is 1.67. The molecule has 0 unspecified atom stereocenters. The summed E-state index contributed by atoms with van der Waals surface area (Å²) in [5, 5.41) is 4.20. The fourth-order valence-corrected chi connectivity index (χ4v) is 5.45. The van der Waals surface area contributed by atoms with Crippen molar-refractivity contribution in [2.45, 2.75) is 32.9 Å². The van der Waals surface area contributed by atoms with Crippen LogP contribution in [0.2, 0.25) is 0 Å². The summed E-state index contributed by atoms with van der Waals surface area (Å²) >= 11 is 5.88. The van der Waals surface area contributed by atoms with Gasteiger partial charge in [0.25, 0.3) is 0 Å². The SMILES string of the molecule is COC(=O)c1cccc(-n2c(C)cc([C@H]3[C@@H](c4ccccn4)NC(=S)N3c3cccc(C)c3)c2C)c1. The van der Waals surface area contributed by atoms with Crippen LogP contribution in [0.1, 0.15) is 50.7 Å². The molecule has 1 aliphatic rings. The lowest BCUT2D eigenvalue weighted by Crippen LogP contribution is -2.29. The van der Waals surface area contributed by atoms with Crippen molar-refractivity contribution in [1.29, 1.82) is 0 Å². The fraction of sp³-hybridized carbons (Fsp3) is 0.207. The number of esters is 1. The first-order valence-corrected chi connectivity index (χ1v) is 12.2. The number of nitrogens with one attached hydrogen (secondary N) is 1. The van der Waals surface area contributed by atoms with E-state index in [4.69, 9.17) is 17.0 Å². The van der Waals surface area contributed by atoms with Crippen LogP contribution in [0.25, 0.3) is 5.69 Å². The summed E-state index contributed by atoms with van der Waals surface area (Å²) < 4.78 is 7.11. The third kappa shape index (κ3) is 4.16. The van der Waals surface area contributed by atoms with Crippen molar-refractivity contribution in [3.05, 3.63) is 113 Å². The number of rotatable bonds is 5. The molecule has 0 radical (unpaired) electrons. The minimum atomic E-state index is -0.356. The molecule has 1 N–H and O–H groups in total. The van der Waals surface area contributed by atoms with E-state index in [1.54, 1.807) is 6.07 Å². The van der Waals surface area contributed by atoms with E-state index < -0.39 is 0 Å². The number of pyridine rings is 1. The number of anilines is 1. The number of hydrogen-bond acceptors (Lipinski definition) is 4. The Morgan fingerprint density at radius 1 is 0.972 bits per heavy atom. The van der Waals surface area contributed by atoms with Gasteiger partial charge in [-0.2, -0.15) is 0 Å². The molecule has 1 saturated heterocycles. The molecule has 1 fully saturated rings. The molecule has 3 heterocycles. The minimum absolute atomic E-state index is 0.113. The fourth-order valence-electron chi connectivity index (χ4n) is 5.10. The van der Waals surface area contributed by atoms with E-state index in [0.29, 0.717) is 10.7 Å². The molecule has 0 spiro atoms. The lowest BCUT2D eigenvalue weighted by Gasteiger charge is -2.28. The number of benzene rings is 2. The number of thiocarbonyl (C=S) groups is 1. The van der Waals surface area contributed by atoms with Crippen LogP contribution in [0.4, 0.5) is 5.69 Å². The van der Waals surface area contributed by atoms with E-state index in [0.717, 1.165) is 34.0 Å². The monoisotopic (exact) mass is 496 g/mol. The third-order valence-corrected chi connectivity index (χ3v) is 7.01. The van der Waals surface area contributed by atoms with Crippen molar-refractivity contribution in [3.63, 3.8) is 0 Å². The number of carbonyl (C=O) groups is 1. The number of ether oxygens (including phenoxy) is 1. The Morgan fingerprint density at radius 2 is 1.75 bits per heavy atom. The highest BCUT2D eigenvalue weighted by Crippen LogP contribution is 2.43. The molecule has 6 nitrogen and oxygen atoms in total. The Kier molecular flexibility index (Phi) is 6.33. The zero-order valence-electron chi connectivity index (χ0n) is 20.7. The highest BCUT2D eigenvalue weighted by molar-refractivity contribution is 7.80. The largest absolute Gasteiger partial charge is 0.465 e. The average Bonchev–Trinajstić information content (AvgIpc) is 3.39. The Hall–Kier alpha value is -3.97. The number of methoxy groups -OCH3 is 1. The van der Waals surface area contributed by atoms with Gasteiger partial charge in [0.05, 0.1) is 30.5 Å². The van der Waals surface area contributed by atoms with Crippen LogP contribution >= 0.6 is 12.2 Å². The topological polar surface area (TPSA) is 59.4 Å². The molecule has 2 aromatic carbocycles. The second-order valence-electron chi connectivity index (χ2n) is 9.04. The van der Waals surface area contributed by atoms with Gasteiger partial charge in [0.2, 0.25) is 0 Å². The maximum Gasteiger partial charge on any atom is 0.337 e. The van der Waals surface area contributed by atoms with Crippen LogP contribution < -0.4 is 10.2 Å². The van der Waals surface area contributed by atoms with Gasteiger partial charge in [0.1, 0.15) is 0 Å². The Morgan fingerprint density at radius 3 is 2.47 bits per heavy atom. The van der Waals surface area contributed by atoms with Crippen molar-refractivity contribution in [2.24, 2.45) is 0 Å². The lowest BCUT2D eigenvalue weighted by atomic mass is 9.96.